The molecule has 3 aromatic heterocycles. The Hall–Kier alpha value is -3.16. The van der Waals surface area contributed by atoms with Crippen molar-refractivity contribution in [2.24, 2.45) is 0 Å². The topological polar surface area (TPSA) is 55.6 Å². The van der Waals surface area contributed by atoms with Crippen LogP contribution in [0.25, 0.3) is 33.1 Å². The number of nitrogens with zero attached hydrogens (tertiary/aromatic N) is 3. The number of H-pyrrole nitrogens is 1. The van der Waals surface area contributed by atoms with Gasteiger partial charge in [-0.2, -0.15) is 13.9 Å². The molecule has 0 aliphatic carbocycles. The SMILES string of the molecule is CCn1nccc1Cc1ccc2c(c1)c1cc(-c3ccc(Cl)cc3Cl)c(=O)[nH]c1n2C(F)F. The molecule has 0 saturated carbocycles. The summed E-state index contributed by atoms with van der Waals surface area (Å²) in [5.41, 5.74) is 2.62. The molecule has 5 nitrogen and oxygen atoms in total. The number of benzene rings is 2. The van der Waals surface area contributed by atoms with Crippen LogP contribution in [0.1, 0.15) is 24.7 Å². The van der Waals surface area contributed by atoms with Gasteiger partial charge >= 0.3 is 6.55 Å². The van der Waals surface area contributed by atoms with Crippen molar-refractivity contribution in [3.05, 3.63) is 86.4 Å². The van der Waals surface area contributed by atoms with Gasteiger partial charge in [0.15, 0.2) is 0 Å². The van der Waals surface area contributed by atoms with Crippen LogP contribution in [0.5, 0.6) is 0 Å². The number of rotatable bonds is 5. The molecule has 33 heavy (non-hydrogen) atoms. The van der Waals surface area contributed by atoms with E-state index in [1.165, 1.54) is 0 Å². The van der Waals surface area contributed by atoms with E-state index in [-0.39, 0.29) is 11.2 Å². The standard InChI is InChI=1S/C24H18Cl2F2N4O/c1-2-31-15(7-8-29-31)9-13-3-6-21-17(10-13)18-12-19(16-5-4-14(25)11-20(16)26)23(33)30-22(18)32(21)24(27)28/h3-8,10-12,24H,2,9H2,1H3,(H,30,33). The maximum absolute atomic E-state index is 14.0. The predicted molar refractivity (Wildman–Crippen MR) is 127 cm³/mol. The molecule has 0 saturated heterocycles. The van der Waals surface area contributed by atoms with Crippen LogP contribution in [-0.4, -0.2) is 19.3 Å². The van der Waals surface area contributed by atoms with Gasteiger partial charge in [0, 0.05) is 51.8 Å². The molecule has 0 aliphatic heterocycles. The molecule has 0 bridgehead atoms. The predicted octanol–water partition coefficient (Wildman–Crippen LogP) is 6.66. The third-order valence-corrected chi connectivity index (χ3v) is 6.33. The van der Waals surface area contributed by atoms with Crippen molar-refractivity contribution in [1.82, 2.24) is 19.3 Å². The summed E-state index contributed by atoms with van der Waals surface area (Å²) in [6.07, 6.45) is 2.34. The second-order valence-corrected chi connectivity index (χ2v) is 8.56. The minimum absolute atomic E-state index is 0.0644. The Balaban J connectivity index is 1.75. The number of fused-ring (bicyclic) bond motifs is 3. The average Bonchev–Trinajstić information content (AvgIpc) is 3.34. The number of aromatic nitrogens is 4. The molecule has 5 aromatic rings. The fraction of sp³-hybridized carbons (Fsp3) is 0.167. The smallest absolute Gasteiger partial charge is 0.307 e. The molecule has 0 unspecified atom stereocenters. The first-order valence-electron chi connectivity index (χ1n) is 10.3. The summed E-state index contributed by atoms with van der Waals surface area (Å²) in [7, 11) is 0. The number of aryl methyl sites for hydroxylation is 1. The van der Waals surface area contributed by atoms with E-state index in [0.717, 1.165) is 22.4 Å². The van der Waals surface area contributed by atoms with Crippen molar-refractivity contribution in [2.75, 3.05) is 0 Å². The van der Waals surface area contributed by atoms with Gasteiger partial charge in [0.05, 0.1) is 10.5 Å². The van der Waals surface area contributed by atoms with E-state index < -0.39 is 12.1 Å². The Labute approximate surface area is 197 Å². The van der Waals surface area contributed by atoms with Gasteiger partial charge in [0.25, 0.3) is 5.56 Å². The highest BCUT2D eigenvalue weighted by Gasteiger charge is 2.20. The number of aromatic amines is 1. The minimum atomic E-state index is -2.82. The van der Waals surface area contributed by atoms with Crippen LogP contribution in [0.4, 0.5) is 8.78 Å². The lowest BCUT2D eigenvalue weighted by Gasteiger charge is -2.07. The van der Waals surface area contributed by atoms with Crippen molar-refractivity contribution >= 4 is 45.1 Å². The molecule has 9 heteroatoms. The Morgan fingerprint density at radius 2 is 1.85 bits per heavy atom. The van der Waals surface area contributed by atoms with Crippen LogP contribution in [-0.2, 0) is 13.0 Å². The largest absolute Gasteiger partial charge is 0.320 e. The third kappa shape index (κ3) is 3.71. The molecule has 1 N–H and O–H groups in total. The van der Waals surface area contributed by atoms with Crippen LogP contribution in [0.3, 0.4) is 0 Å². The van der Waals surface area contributed by atoms with E-state index in [9.17, 15) is 13.6 Å². The summed E-state index contributed by atoms with van der Waals surface area (Å²) < 4.78 is 30.8. The van der Waals surface area contributed by atoms with Crippen molar-refractivity contribution in [3.8, 4) is 11.1 Å². The summed E-state index contributed by atoms with van der Waals surface area (Å²) >= 11 is 12.3. The molecule has 5 rings (SSSR count). The Morgan fingerprint density at radius 3 is 2.58 bits per heavy atom. The monoisotopic (exact) mass is 486 g/mol. The Kier molecular flexibility index (Phi) is 5.46. The number of halogens is 4. The Morgan fingerprint density at radius 1 is 1.03 bits per heavy atom. The summed E-state index contributed by atoms with van der Waals surface area (Å²) in [6, 6.07) is 13.7. The Bertz CT molecular complexity index is 1570. The first-order chi connectivity index (χ1) is 15.9. The van der Waals surface area contributed by atoms with Gasteiger partial charge in [-0.1, -0.05) is 35.3 Å². The second kappa shape index (κ2) is 8.32. The van der Waals surface area contributed by atoms with Gasteiger partial charge < -0.3 is 4.98 Å². The van der Waals surface area contributed by atoms with Gasteiger partial charge in [-0.15, -0.1) is 0 Å². The average molecular weight is 487 g/mol. The molecule has 168 valence electrons. The van der Waals surface area contributed by atoms with Crippen LogP contribution in [0.2, 0.25) is 10.0 Å². The molecule has 0 atom stereocenters. The van der Waals surface area contributed by atoms with Crippen LogP contribution in [0.15, 0.2) is 59.5 Å². The van der Waals surface area contributed by atoms with E-state index in [1.54, 1.807) is 36.5 Å². The lowest BCUT2D eigenvalue weighted by atomic mass is 10.0. The van der Waals surface area contributed by atoms with Crippen LogP contribution in [0, 0.1) is 0 Å². The van der Waals surface area contributed by atoms with E-state index in [2.05, 4.69) is 10.1 Å². The van der Waals surface area contributed by atoms with E-state index >= 15 is 0 Å². The van der Waals surface area contributed by atoms with Gasteiger partial charge in [0.1, 0.15) is 5.65 Å². The molecular weight excluding hydrogens is 469 g/mol. The lowest BCUT2D eigenvalue weighted by Crippen LogP contribution is -2.11. The molecular formula is C24H18Cl2F2N4O. The minimum Gasteiger partial charge on any atom is -0.307 e. The number of hydrogen-bond donors (Lipinski definition) is 1. The zero-order valence-corrected chi connectivity index (χ0v) is 19.0. The van der Waals surface area contributed by atoms with E-state index in [1.807, 2.05) is 29.8 Å². The van der Waals surface area contributed by atoms with E-state index in [4.69, 9.17) is 23.2 Å². The first kappa shape index (κ1) is 21.7. The van der Waals surface area contributed by atoms with E-state index in [0.29, 0.717) is 38.3 Å². The maximum Gasteiger partial charge on any atom is 0.320 e. The second-order valence-electron chi connectivity index (χ2n) is 7.71. The highest BCUT2D eigenvalue weighted by Crippen LogP contribution is 2.35. The summed E-state index contributed by atoms with van der Waals surface area (Å²) in [5.74, 6) is 0. The first-order valence-corrected chi connectivity index (χ1v) is 11.1. The highest BCUT2D eigenvalue weighted by molar-refractivity contribution is 6.36. The van der Waals surface area contributed by atoms with Gasteiger partial charge in [-0.25, -0.2) is 0 Å². The molecule has 0 radical (unpaired) electrons. The fourth-order valence-electron chi connectivity index (χ4n) is 4.27. The zero-order chi connectivity index (χ0) is 23.3. The van der Waals surface area contributed by atoms with Crippen molar-refractivity contribution in [3.63, 3.8) is 0 Å². The fourth-order valence-corrected chi connectivity index (χ4v) is 4.78. The van der Waals surface area contributed by atoms with Gasteiger partial charge in [-0.05, 0) is 48.9 Å². The molecule has 0 fully saturated rings. The number of nitrogens with one attached hydrogen (secondary N) is 1. The summed E-state index contributed by atoms with van der Waals surface area (Å²) in [4.78, 5) is 15.5. The summed E-state index contributed by atoms with van der Waals surface area (Å²) in [6.45, 7) is -0.0738. The van der Waals surface area contributed by atoms with Crippen LogP contribution >= 0.6 is 23.2 Å². The quantitative estimate of drug-likeness (QED) is 0.302. The number of pyridine rings is 1. The molecule has 0 amide bonds. The highest BCUT2D eigenvalue weighted by atomic mass is 35.5. The number of alkyl halides is 2. The lowest BCUT2D eigenvalue weighted by molar-refractivity contribution is 0.0790. The molecule has 0 aliphatic rings. The molecule has 0 spiro atoms. The molecule has 2 aromatic carbocycles. The van der Waals surface area contributed by atoms with Gasteiger partial charge in [-0.3, -0.25) is 14.0 Å². The van der Waals surface area contributed by atoms with Crippen molar-refractivity contribution < 1.29 is 8.78 Å². The summed E-state index contributed by atoms with van der Waals surface area (Å²) in [5, 5.41) is 6.16. The van der Waals surface area contributed by atoms with Crippen LogP contribution < -0.4 is 5.56 Å². The zero-order valence-electron chi connectivity index (χ0n) is 17.4. The normalized spacial score (nSPS) is 11.8. The third-order valence-electron chi connectivity index (χ3n) is 5.78. The number of hydrogen-bond acceptors (Lipinski definition) is 2. The van der Waals surface area contributed by atoms with Crippen molar-refractivity contribution in [1.29, 1.82) is 0 Å². The maximum atomic E-state index is 14.0. The van der Waals surface area contributed by atoms with Crippen molar-refractivity contribution in [2.45, 2.75) is 26.4 Å². The molecule has 3 heterocycles. The van der Waals surface area contributed by atoms with Gasteiger partial charge in [0.2, 0.25) is 0 Å².